The number of aryl methyl sites for hydroxylation is 1. The van der Waals surface area contributed by atoms with Crippen LogP contribution in [0.4, 0.5) is 0 Å². The third-order valence-electron chi connectivity index (χ3n) is 3.57. The molecule has 1 heterocycles. The highest BCUT2D eigenvalue weighted by atomic mass is 32.2. The molecule has 0 spiro atoms. The fourth-order valence-electron chi connectivity index (χ4n) is 2.22. The van der Waals surface area contributed by atoms with Crippen molar-refractivity contribution in [3.05, 3.63) is 65.2 Å². The summed E-state index contributed by atoms with van der Waals surface area (Å²) in [6.45, 7) is 1.99. The maximum atomic E-state index is 10.2. The number of aliphatic hydroxyl groups excluding tert-OH is 1. The van der Waals surface area contributed by atoms with Crippen LogP contribution in [0.15, 0.2) is 58.2 Å². The zero-order valence-electron chi connectivity index (χ0n) is 13.0. The lowest BCUT2D eigenvalue weighted by Crippen LogP contribution is -2.00. The van der Waals surface area contributed by atoms with Crippen molar-refractivity contribution in [3.63, 3.8) is 0 Å². The van der Waals surface area contributed by atoms with Crippen molar-refractivity contribution >= 4 is 11.8 Å². The second-order valence-corrected chi connectivity index (χ2v) is 6.22. The van der Waals surface area contributed by atoms with Gasteiger partial charge in [0.25, 0.3) is 5.22 Å². The molecule has 120 valence electrons. The van der Waals surface area contributed by atoms with Crippen molar-refractivity contribution in [2.45, 2.75) is 18.3 Å². The van der Waals surface area contributed by atoms with Crippen LogP contribution >= 0.6 is 11.8 Å². The first-order valence-corrected chi connectivity index (χ1v) is 8.36. The number of nitrogens with zero attached hydrogens (tertiary/aromatic N) is 3. The van der Waals surface area contributed by atoms with Crippen LogP contribution in [0.25, 0.3) is 11.5 Å². The Morgan fingerprint density at radius 2 is 1.92 bits per heavy atom. The van der Waals surface area contributed by atoms with Gasteiger partial charge in [-0.15, -0.1) is 10.2 Å². The first-order chi connectivity index (χ1) is 11.7. The summed E-state index contributed by atoms with van der Waals surface area (Å²) in [5, 5.41) is 27.5. The van der Waals surface area contributed by atoms with E-state index in [4.69, 9.17) is 9.68 Å². The van der Waals surface area contributed by atoms with Crippen LogP contribution in [0, 0.1) is 18.3 Å². The van der Waals surface area contributed by atoms with E-state index in [1.54, 1.807) is 24.3 Å². The zero-order chi connectivity index (χ0) is 16.9. The predicted molar refractivity (Wildman–Crippen MR) is 91.3 cm³/mol. The second-order valence-electron chi connectivity index (χ2n) is 5.25. The Balaban J connectivity index is 1.65. The number of aromatic nitrogens is 2. The summed E-state index contributed by atoms with van der Waals surface area (Å²) in [6, 6.07) is 16.7. The van der Waals surface area contributed by atoms with Gasteiger partial charge in [0.05, 0.1) is 17.7 Å². The van der Waals surface area contributed by atoms with E-state index >= 15 is 0 Å². The molecule has 1 atom stereocenters. The Labute approximate surface area is 144 Å². The third kappa shape index (κ3) is 3.65. The summed E-state index contributed by atoms with van der Waals surface area (Å²) >= 11 is 1.30. The Morgan fingerprint density at radius 3 is 2.62 bits per heavy atom. The number of hydrogen-bond acceptors (Lipinski definition) is 6. The fraction of sp³-hybridized carbons (Fsp3) is 0.167. The third-order valence-corrected chi connectivity index (χ3v) is 4.47. The summed E-state index contributed by atoms with van der Waals surface area (Å²) in [4.78, 5) is 0. The molecule has 0 saturated heterocycles. The molecule has 24 heavy (non-hydrogen) atoms. The van der Waals surface area contributed by atoms with E-state index in [2.05, 4.69) is 16.3 Å². The average Bonchev–Trinajstić information content (AvgIpc) is 3.09. The lowest BCUT2D eigenvalue weighted by Gasteiger charge is -2.08. The smallest absolute Gasteiger partial charge is 0.276 e. The number of hydrogen-bond donors (Lipinski definition) is 1. The number of thioether (sulfide) groups is 1. The van der Waals surface area contributed by atoms with Gasteiger partial charge in [-0.1, -0.05) is 42.1 Å². The molecule has 6 heteroatoms. The summed E-state index contributed by atoms with van der Waals surface area (Å²) < 4.78 is 5.66. The Kier molecular flexibility index (Phi) is 4.94. The minimum atomic E-state index is -0.670. The van der Waals surface area contributed by atoms with Gasteiger partial charge in [0.1, 0.15) is 0 Å². The van der Waals surface area contributed by atoms with E-state index < -0.39 is 6.10 Å². The maximum Gasteiger partial charge on any atom is 0.276 e. The first-order valence-electron chi connectivity index (χ1n) is 7.38. The van der Waals surface area contributed by atoms with Crippen LogP contribution in [0.5, 0.6) is 0 Å². The molecular formula is C18H15N3O2S. The molecule has 3 aromatic rings. The lowest BCUT2D eigenvalue weighted by molar-refractivity contribution is 0.203. The number of nitriles is 1. The SMILES string of the molecule is Cc1ccccc1-c1nnc(SCC(O)c2ccc(C#N)cc2)o1. The van der Waals surface area contributed by atoms with E-state index in [1.807, 2.05) is 31.2 Å². The Morgan fingerprint density at radius 1 is 1.17 bits per heavy atom. The number of rotatable bonds is 5. The fourth-order valence-corrected chi connectivity index (χ4v) is 2.95. The van der Waals surface area contributed by atoms with Gasteiger partial charge < -0.3 is 9.52 Å². The number of benzene rings is 2. The molecule has 2 aromatic carbocycles. The van der Waals surface area contributed by atoms with Gasteiger partial charge in [0.2, 0.25) is 5.89 Å². The predicted octanol–water partition coefficient (Wildman–Crippen LogP) is 3.74. The highest BCUT2D eigenvalue weighted by molar-refractivity contribution is 7.99. The van der Waals surface area contributed by atoms with Crippen LogP contribution in [0.3, 0.4) is 0 Å². The standard InChI is InChI=1S/C18H15N3O2S/c1-12-4-2-3-5-15(12)17-20-21-18(23-17)24-11-16(22)14-8-6-13(10-19)7-9-14/h2-9,16,22H,11H2,1H3. The highest BCUT2D eigenvalue weighted by Gasteiger charge is 2.14. The lowest BCUT2D eigenvalue weighted by atomic mass is 10.1. The van der Waals surface area contributed by atoms with Gasteiger partial charge in [0, 0.05) is 11.3 Å². The van der Waals surface area contributed by atoms with Crippen molar-refractivity contribution in [2.24, 2.45) is 0 Å². The zero-order valence-corrected chi connectivity index (χ0v) is 13.8. The van der Waals surface area contributed by atoms with Crippen LogP contribution in [-0.2, 0) is 0 Å². The van der Waals surface area contributed by atoms with Crippen LogP contribution < -0.4 is 0 Å². The van der Waals surface area contributed by atoms with E-state index in [0.29, 0.717) is 22.4 Å². The van der Waals surface area contributed by atoms with E-state index in [0.717, 1.165) is 16.7 Å². The van der Waals surface area contributed by atoms with Crippen molar-refractivity contribution in [1.29, 1.82) is 5.26 Å². The summed E-state index contributed by atoms with van der Waals surface area (Å²) in [5.41, 5.74) is 3.29. The van der Waals surface area contributed by atoms with Crippen molar-refractivity contribution < 1.29 is 9.52 Å². The molecule has 0 aliphatic heterocycles. The molecule has 1 N–H and O–H groups in total. The second kappa shape index (κ2) is 7.30. The van der Waals surface area contributed by atoms with E-state index in [9.17, 15) is 5.11 Å². The molecule has 5 nitrogen and oxygen atoms in total. The highest BCUT2D eigenvalue weighted by Crippen LogP contribution is 2.28. The largest absolute Gasteiger partial charge is 0.411 e. The van der Waals surface area contributed by atoms with Crippen molar-refractivity contribution in [2.75, 3.05) is 5.75 Å². The molecule has 0 amide bonds. The molecule has 0 fully saturated rings. The molecule has 0 aliphatic carbocycles. The minimum absolute atomic E-state index is 0.390. The van der Waals surface area contributed by atoms with Gasteiger partial charge in [-0.2, -0.15) is 5.26 Å². The van der Waals surface area contributed by atoms with Gasteiger partial charge in [-0.05, 0) is 36.2 Å². The van der Waals surface area contributed by atoms with Gasteiger partial charge >= 0.3 is 0 Å². The van der Waals surface area contributed by atoms with Crippen LogP contribution in [-0.4, -0.2) is 21.1 Å². The summed E-state index contributed by atoms with van der Waals surface area (Å²) in [7, 11) is 0. The first kappa shape index (κ1) is 16.2. The number of aliphatic hydroxyl groups is 1. The topological polar surface area (TPSA) is 82.9 Å². The van der Waals surface area contributed by atoms with E-state index in [1.165, 1.54) is 11.8 Å². The molecular weight excluding hydrogens is 322 g/mol. The minimum Gasteiger partial charge on any atom is -0.411 e. The Hall–Kier alpha value is -2.62. The van der Waals surface area contributed by atoms with Crippen molar-refractivity contribution in [1.82, 2.24) is 10.2 Å². The van der Waals surface area contributed by atoms with E-state index in [-0.39, 0.29) is 0 Å². The van der Waals surface area contributed by atoms with Gasteiger partial charge in [-0.25, -0.2) is 0 Å². The normalized spacial score (nSPS) is 11.9. The van der Waals surface area contributed by atoms with Crippen LogP contribution in [0.2, 0.25) is 0 Å². The average molecular weight is 337 g/mol. The van der Waals surface area contributed by atoms with Crippen LogP contribution in [0.1, 0.15) is 22.8 Å². The van der Waals surface area contributed by atoms with Gasteiger partial charge in [-0.3, -0.25) is 0 Å². The summed E-state index contributed by atoms with van der Waals surface area (Å²) in [6.07, 6.45) is -0.670. The molecule has 0 saturated carbocycles. The molecule has 0 radical (unpaired) electrons. The quantitative estimate of drug-likeness (QED) is 0.714. The maximum absolute atomic E-state index is 10.2. The molecule has 1 aromatic heterocycles. The summed E-state index contributed by atoms with van der Waals surface area (Å²) in [5.74, 6) is 0.866. The Bertz CT molecular complexity index is 868. The molecule has 3 rings (SSSR count). The molecule has 0 aliphatic rings. The van der Waals surface area contributed by atoms with Gasteiger partial charge in [0.15, 0.2) is 0 Å². The molecule has 0 bridgehead atoms. The monoisotopic (exact) mass is 337 g/mol. The molecule has 1 unspecified atom stereocenters. The van der Waals surface area contributed by atoms with Crippen molar-refractivity contribution in [3.8, 4) is 17.5 Å².